The zero-order valence-corrected chi connectivity index (χ0v) is 10.4. The first-order valence-electron chi connectivity index (χ1n) is 6.15. The Morgan fingerprint density at radius 3 is 2.83 bits per heavy atom. The van der Waals surface area contributed by atoms with Gasteiger partial charge in [0, 0.05) is 24.3 Å². The molecule has 0 bridgehead atoms. The van der Waals surface area contributed by atoms with Gasteiger partial charge < -0.3 is 9.64 Å². The van der Waals surface area contributed by atoms with Gasteiger partial charge in [0.25, 0.3) is 0 Å². The van der Waals surface area contributed by atoms with E-state index in [1.54, 1.807) is 6.20 Å². The average Bonchev–Trinajstić information content (AvgIpc) is 2.94. The third-order valence-electron chi connectivity index (χ3n) is 3.35. The van der Waals surface area contributed by atoms with Gasteiger partial charge in [-0.3, -0.25) is 0 Å². The number of nitrogens with zero attached hydrogens (tertiary/aromatic N) is 3. The molecule has 0 atom stereocenters. The summed E-state index contributed by atoms with van der Waals surface area (Å²) >= 11 is 0. The van der Waals surface area contributed by atoms with Crippen molar-refractivity contribution in [1.82, 2.24) is 15.4 Å². The van der Waals surface area contributed by atoms with E-state index >= 15 is 0 Å². The molecule has 1 N–H and O–H groups in total. The zero-order valence-electron chi connectivity index (χ0n) is 10.4. The first-order chi connectivity index (χ1) is 8.86. The van der Waals surface area contributed by atoms with E-state index in [0.29, 0.717) is 0 Å². The molecule has 1 aliphatic heterocycles. The molecule has 3 rings (SSSR count). The van der Waals surface area contributed by atoms with E-state index in [1.165, 1.54) is 11.3 Å². The number of rotatable bonds is 2. The lowest BCUT2D eigenvalue weighted by atomic mass is 10.0. The Hall–Kier alpha value is -1.88. The summed E-state index contributed by atoms with van der Waals surface area (Å²) in [5.74, 6) is 0. The van der Waals surface area contributed by atoms with Gasteiger partial charge in [0.1, 0.15) is 5.69 Å². The van der Waals surface area contributed by atoms with Gasteiger partial charge >= 0.3 is 0 Å². The van der Waals surface area contributed by atoms with E-state index in [-0.39, 0.29) is 0 Å². The predicted molar refractivity (Wildman–Crippen MR) is 69.6 cm³/mol. The van der Waals surface area contributed by atoms with Crippen LogP contribution in [0.25, 0.3) is 11.3 Å². The van der Waals surface area contributed by atoms with Crippen molar-refractivity contribution in [3.63, 3.8) is 0 Å². The summed E-state index contributed by atoms with van der Waals surface area (Å²) in [7, 11) is 0. The van der Waals surface area contributed by atoms with Crippen molar-refractivity contribution < 1.29 is 4.74 Å². The maximum Gasteiger partial charge on any atom is 0.113 e. The third kappa shape index (κ3) is 1.97. The first-order valence-corrected chi connectivity index (χ1v) is 6.15. The number of hydrogen-bond acceptors (Lipinski definition) is 4. The molecular weight excluding hydrogens is 228 g/mol. The first kappa shape index (κ1) is 11.2. The Bertz CT molecular complexity index is 518. The molecule has 0 aliphatic carbocycles. The maximum atomic E-state index is 5.39. The number of ether oxygens (including phenoxy) is 1. The van der Waals surface area contributed by atoms with Crippen molar-refractivity contribution in [2.24, 2.45) is 0 Å². The smallest absolute Gasteiger partial charge is 0.113 e. The van der Waals surface area contributed by atoms with E-state index in [4.69, 9.17) is 4.74 Å². The molecule has 1 saturated heterocycles. The van der Waals surface area contributed by atoms with Crippen LogP contribution in [-0.2, 0) is 4.74 Å². The van der Waals surface area contributed by atoms with Crippen LogP contribution in [0.1, 0.15) is 5.56 Å². The third-order valence-corrected chi connectivity index (χ3v) is 3.35. The molecule has 0 unspecified atom stereocenters. The normalized spacial score (nSPS) is 15.9. The number of benzene rings is 1. The highest BCUT2D eigenvalue weighted by Gasteiger charge is 2.15. The minimum absolute atomic E-state index is 0.799. The van der Waals surface area contributed by atoms with E-state index in [0.717, 1.165) is 37.6 Å². The van der Waals surface area contributed by atoms with Crippen LogP contribution in [0, 0.1) is 6.92 Å². The van der Waals surface area contributed by atoms with Crippen LogP contribution in [0.3, 0.4) is 0 Å². The summed E-state index contributed by atoms with van der Waals surface area (Å²) in [6.07, 6.45) is 1.76. The average molecular weight is 244 g/mol. The van der Waals surface area contributed by atoms with Gasteiger partial charge in [-0.1, -0.05) is 12.1 Å². The highest BCUT2D eigenvalue weighted by atomic mass is 16.5. The summed E-state index contributed by atoms with van der Waals surface area (Å²) < 4.78 is 5.39. The van der Waals surface area contributed by atoms with Gasteiger partial charge in [0.05, 0.1) is 19.4 Å². The molecule has 0 radical (unpaired) electrons. The topological polar surface area (TPSA) is 54.0 Å². The van der Waals surface area contributed by atoms with Crippen LogP contribution in [-0.4, -0.2) is 41.7 Å². The lowest BCUT2D eigenvalue weighted by Gasteiger charge is -2.30. The van der Waals surface area contributed by atoms with Crippen LogP contribution in [0.4, 0.5) is 5.69 Å². The molecular formula is C13H16N4O. The Morgan fingerprint density at radius 1 is 1.28 bits per heavy atom. The van der Waals surface area contributed by atoms with Gasteiger partial charge in [0.2, 0.25) is 0 Å². The number of hydrogen-bond donors (Lipinski definition) is 1. The van der Waals surface area contributed by atoms with Crippen molar-refractivity contribution in [2.45, 2.75) is 6.92 Å². The highest BCUT2D eigenvalue weighted by Crippen LogP contribution is 2.29. The molecule has 5 heteroatoms. The number of anilines is 1. The molecule has 2 heterocycles. The van der Waals surface area contributed by atoms with Gasteiger partial charge in [0.15, 0.2) is 0 Å². The zero-order chi connectivity index (χ0) is 12.4. The lowest BCUT2D eigenvalue weighted by Crippen LogP contribution is -2.36. The summed E-state index contributed by atoms with van der Waals surface area (Å²) in [5, 5.41) is 10.7. The minimum Gasteiger partial charge on any atom is -0.378 e. The summed E-state index contributed by atoms with van der Waals surface area (Å²) in [5.41, 5.74) is 4.53. The van der Waals surface area contributed by atoms with Crippen molar-refractivity contribution in [3.8, 4) is 11.3 Å². The van der Waals surface area contributed by atoms with Gasteiger partial charge in [-0.05, 0) is 18.6 Å². The number of nitrogens with one attached hydrogen (secondary N) is 1. The maximum absolute atomic E-state index is 5.39. The molecule has 1 aliphatic rings. The van der Waals surface area contributed by atoms with Crippen LogP contribution < -0.4 is 4.90 Å². The molecule has 2 aromatic rings. The molecule has 1 fully saturated rings. The molecule has 94 valence electrons. The lowest BCUT2D eigenvalue weighted by molar-refractivity contribution is 0.122. The summed E-state index contributed by atoms with van der Waals surface area (Å²) in [6, 6.07) is 6.31. The van der Waals surface area contributed by atoms with Crippen molar-refractivity contribution in [2.75, 3.05) is 31.2 Å². The number of aromatic amines is 1. The molecule has 1 aromatic heterocycles. The van der Waals surface area contributed by atoms with Gasteiger partial charge in [-0.2, -0.15) is 15.4 Å². The fraction of sp³-hybridized carbons (Fsp3) is 0.385. The fourth-order valence-electron chi connectivity index (χ4n) is 2.38. The van der Waals surface area contributed by atoms with E-state index in [9.17, 15) is 0 Å². The Kier molecular flexibility index (Phi) is 2.98. The SMILES string of the molecule is Cc1c(-c2cn[nH]n2)cccc1N1CCOCC1. The Balaban J connectivity index is 1.98. The Labute approximate surface area is 106 Å². The second kappa shape index (κ2) is 4.78. The predicted octanol–water partition coefficient (Wildman–Crippen LogP) is 1.62. The monoisotopic (exact) mass is 244 g/mol. The second-order valence-electron chi connectivity index (χ2n) is 4.40. The summed E-state index contributed by atoms with van der Waals surface area (Å²) in [6.45, 7) is 5.63. The largest absolute Gasteiger partial charge is 0.378 e. The van der Waals surface area contributed by atoms with Gasteiger partial charge in [-0.25, -0.2) is 0 Å². The Morgan fingerprint density at radius 2 is 2.11 bits per heavy atom. The van der Waals surface area contributed by atoms with E-state index < -0.39 is 0 Å². The quantitative estimate of drug-likeness (QED) is 0.872. The van der Waals surface area contributed by atoms with Crippen molar-refractivity contribution in [3.05, 3.63) is 30.0 Å². The fourth-order valence-corrected chi connectivity index (χ4v) is 2.38. The summed E-state index contributed by atoms with van der Waals surface area (Å²) in [4.78, 5) is 2.36. The molecule has 5 nitrogen and oxygen atoms in total. The van der Waals surface area contributed by atoms with Crippen LogP contribution in [0.15, 0.2) is 24.4 Å². The molecule has 18 heavy (non-hydrogen) atoms. The number of morpholine rings is 1. The van der Waals surface area contributed by atoms with Crippen LogP contribution in [0.2, 0.25) is 0 Å². The standard InChI is InChI=1S/C13H16N4O/c1-10-11(12-9-14-16-15-12)3-2-4-13(10)17-5-7-18-8-6-17/h2-4,9H,5-8H2,1H3,(H,14,15,16). The minimum atomic E-state index is 0.799. The van der Waals surface area contributed by atoms with Crippen LogP contribution in [0.5, 0.6) is 0 Å². The number of H-pyrrole nitrogens is 1. The van der Waals surface area contributed by atoms with Crippen LogP contribution >= 0.6 is 0 Å². The van der Waals surface area contributed by atoms with E-state index in [1.807, 2.05) is 0 Å². The molecule has 0 spiro atoms. The molecule has 0 amide bonds. The van der Waals surface area contributed by atoms with Gasteiger partial charge in [-0.15, -0.1) is 0 Å². The number of aromatic nitrogens is 3. The molecule has 0 saturated carbocycles. The van der Waals surface area contributed by atoms with Crippen molar-refractivity contribution in [1.29, 1.82) is 0 Å². The van der Waals surface area contributed by atoms with E-state index in [2.05, 4.69) is 45.4 Å². The highest BCUT2D eigenvalue weighted by molar-refractivity contribution is 5.71. The second-order valence-corrected chi connectivity index (χ2v) is 4.40. The van der Waals surface area contributed by atoms with Crippen molar-refractivity contribution >= 4 is 5.69 Å². The molecule has 1 aromatic carbocycles.